The molecule has 2 heterocycles. The number of nitrogens with zero attached hydrogens (tertiary/aromatic N) is 3. The molecule has 0 radical (unpaired) electrons. The molecule has 3 aromatic rings. The van der Waals surface area contributed by atoms with Crippen LogP contribution in [0.1, 0.15) is 17.5 Å². The van der Waals surface area contributed by atoms with E-state index in [1.807, 2.05) is 29.2 Å². The number of thiazole rings is 1. The van der Waals surface area contributed by atoms with E-state index in [2.05, 4.69) is 4.98 Å². The Morgan fingerprint density at radius 1 is 1.03 bits per heavy atom. The first kappa shape index (κ1) is 27.0. The van der Waals surface area contributed by atoms with Crippen LogP contribution in [0.4, 0.5) is 5.13 Å². The zero-order chi connectivity index (χ0) is 27.6. The molecule has 8 nitrogen and oxygen atoms in total. The van der Waals surface area contributed by atoms with Gasteiger partial charge >= 0.3 is 0 Å². The van der Waals surface area contributed by atoms with Crippen LogP contribution in [0.15, 0.2) is 93.5 Å². The molecular formula is C28H26ClN3O5S2. The van der Waals surface area contributed by atoms with E-state index in [-0.39, 0.29) is 23.7 Å². The van der Waals surface area contributed by atoms with Crippen LogP contribution in [0.3, 0.4) is 0 Å². The van der Waals surface area contributed by atoms with Gasteiger partial charge < -0.3 is 14.4 Å². The minimum Gasteiger partial charge on any atom is -0.497 e. The molecule has 1 aliphatic carbocycles. The van der Waals surface area contributed by atoms with Crippen molar-refractivity contribution in [3.8, 4) is 11.5 Å². The van der Waals surface area contributed by atoms with Gasteiger partial charge in [0.15, 0.2) is 10.9 Å². The van der Waals surface area contributed by atoms with Crippen molar-refractivity contribution in [2.75, 3.05) is 25.1 Å². The molecule has 1 aromatic heterocycles. The van der Waals surface area contributed by atoms with E-state index in [1.54, 1.807) is 62.3 Å². The van der Waals surface area contributed by atoms with Crippen LogP contribution in [0, 0.1) is 0 Å². The maximum atomic E-state index is 14.0. The number of carbonyl (C=O) groups is 1. The second-order valence-corrected chi connectivity index (χ2v) is 12.2. The highest BCUT2D eigenvalue weighted by Gasteiger charge is 2.36. The van der Waals surface area contributed by atoms with E-state index in [0.29, 0.717) is 40.1 Å². The van der Waals surface area contributed by atoms with Crippen molar-refractivity contribution < 1.29 is 22.7 Å². The predicted molar refractivity (Wildman–Crippen MR) is 152 cm³/mol. The minimum atomic E-state index is -4.09. The number of benzene rings is 2. The molecule has 0 saturated heterocycles. The van der Waals surface area contributed by atoms with Crippen molar-refractivity contribution in [1.29, 1.82) is 0 Å². The quantitative estimate of drug-likeness (QED) is 0.340. The van der Waals surface area contributed by atoms with Gasteiger partial charge in [0.2, 0.25) is 0 Å². The molecule has 0 amide bonds. The topological polar surface area (TPSA) is 89.0 Å². The summed E-state index contributed by atoms with van der Waals surface area (Å²) in [4.78, 5) is 19.4. The number of allylic oxidation sites excluding steroid dienone is 4. The SMILES string of the molecule is COc1ccc(CN2C=C3C=C(S(=O)(=O)N(Cc4ccc(OC)cc4)c4nccs4)CC(=O)C3=C(Cl)C2)cc1. The zero-order valence-electron chi connectivity index (χ0n) is 21.3. The number of fused-ring (bicyclic) bond motifs is 1. The second kappa shape index (κ2) is 11.3. The Kier molecular flexibility index (Phi) is 7.79. The van der Waals surface area contributed by atoms with Gasteiger partial charge in [-0.3, -0.25) is 4.79 Å². The largest absolute Gasteiger partial charge is 0.497 e. The first-order valence-corrected chi connectivity index (χ1v) is 14.7. The highest BCUT2D eigenvalue weighted by Crippen LogP contribution is 2.37. The lowest BCUT2D eigenvalue weighted by molar-refractivity contribution is -0.114. The van der Waals surface area contributed by atoms with Gasteiger partial charge in [0.25, 0.3) is 10.0 Å². The summed E-state index contributed by atoms with van der Waals surface area (Å²) in [7, 11) is -0.912. The maximum absolute atomic E-state index is 14.0. The van der Waals surface area contributed by atoms with E-state index >= 15 is 0 Å². The standard InChI is InChI=1S/C28H26ClN3O5S2/c1-36-22-7-3-19(4-8-22)15-31-17-21-13-24(14-26(33)27(21)25(29)18-31)39(34,35)32(28-30-11-12-38-28)16-20-5-9-23(37-2)10-6-20/h3-13,17H,14-16,18H2,1-2H3. The summed E-state index contributed by atoms with van der Waals surface area (Å²) in [6, 6.07) is 14.8. The van der Waals surface area contributed by atoms with Crippen molar-refractivity contribution in [3.05, 3.63) is 105 Å². The molecule has 0 spiro atoms. The van der Waals surface area contributed by atoms with Crippen molar-refractivity contribution in [2.24, 2.45) is 0 Å². The molecule has 1 aliphatic heterocycles. The molecule has 39 heavy (non-hydrogen) atoms. The number of hydrogen-bond acceptors (Lipinski definition) is 8. The number of hydrogen-bond donors (Lipinski definition) is 0. The van der Waals surface area contributed by atoms with Gasteiger partial charge in [0, 0.05) is 46.9 Å². The average molecular weight is 584 g/mol. The molecule has 0 unspecified atom stereocenters. The van der Waals surface area contributed by atoms with Crippen LogP contribution >= 0.6 is 22.9 Å². The number of Topliss-reactive ketones (excluding diaryl/α,β-unsaturated/α-hetero) is 1. The van der Waals surface area contributed by atoms with Gasteiger partial charge in [-0.25, -0.2) is 17.7 Å². The van der Waals surface area contributed by atoms with Crippen LogP contribution in [-0.4, -0.2) is 44.8 Å². The Hall–Kier alpha value is -3.60. The van der Waals surface area contributed by atoms with Crippen LogP contribution in [0.5, 0.6) is 11.5 Å². The summed E-state index contributed by atoms with van der Waals surface area (Å²) in [5, 5.41) is 2.43. The third kappa shape index (κ3) is 5.73. The summed E-state index contributed by atoms with van der Waals surface area (Å²) < 4.78 is 39.7. The Morgan fingerprint density at radius 2 is 1.67 bits per heavy atom. The molecule has 11 heteroatoms. The maximum Gasteiger partial charge on any atom is 0.263 e. The lowest BCUT2D eigenvalue weighted by Crippen LogP contribution is -2.34. The monoisotopic (exact) mass is 583 g/mol. The smallest absolute Gasteiger partial charge is 0.263 e. The fraction of sp³-hybridized carbons (Fsp3) is 0.214. The van der Waals surface area contributed by atoms with Crippen molar-refractivity contribution in [1.82, 2.24) is 9.88 Å². The Labute approximate surface area is 236 Å². The Bertz CT molecular complexity index is 1560. The molecule has 5 rings (SSSR count). The lowest BCUT2D eigenvalue weighted by atomic mass is 9.92. The van der Waals surface area contributed by atoms with Crippen LogP contribution < -0.4 is 13.8 Å². The first-order chi connectivity index (χ1) is 18.8. The highest BCUT2D eigenvalue weighted by atomic mass is 35.5. The number of anilines is 1. The summed E-state index contributed by atoms with van der Waals surface area (Å²) in [6.45, 7) is 0.943. The molecule has 0 fully saturated rings. The van der Waals surface area contributed by atoms with Crippen molar-refractivity contribution in [2.45, 2.75) is 19.5 Å². The number of methoxy groups -OCH3 is 2. The molecule has 0 atom stereocenters. The molecule has 2 aromatic carbocycles. The van der Waals surface area contributed by atoms with E-state index in [0.717, 1.165) is 16.9 Å². The second-order valence-electron chi connectivity index (χ2n) is 9.00. The third-order valence-electron chi connectivity index (χ3n) is 6.44. The number of rotatable bonds is 9. The number of ketones is 1. The van der Waals surface area contributed by atoms with Gasteiger partial charge in [-0.1, -0.05) is 35.9 Å². The van der Waals surface area contributed by atoms with Gasteiger partial charge in [-0.05, 0) is 41.5 Å². The molecule has 202 valence electrons. The normalized spacial score (nSPS) is 15.5. The lowest BCUT2D eigenvalue weighted by Gasteiger charge is -2.31. The number of halogens is 1. The van der Waals surface area contributed by atoms with Crippen LogP contribution in [0.25, 0.3) is 0 Å². The number of sulfonamides is 1. The molecule has 0 N–H and O–H groups in total. The van der Waals surface area contributed by atoms with Crippen LogP contribution in [-0.2, 0) is 27.9 Å². The van der Waals surface area contributed by atoms with E-state index in [1.165, 1.54) is 15.6 Å². The first-order valence-electron chi connectivity index (χ1n) is 12.0. The number of ether oxygens (including phenoxy) is 2. The fourth-order valence-corrected chi connectivity index (χ4v) is 7.26. The predicted octanol–water partition coefficient (Wildman–Crippen LogP) is 5.25. The van der Waals surface area contributed by atoms with Gasteiger partial charge in [-0.15, -0.1) is 11.3 Å². The summed E-state index contributed by atoms with van der Waals surface area (Å²) >= 11 is 7.79. The van der Waals surface area contributed by atoms with Crippen LogP contribution in [0.2, 0.25) is 0 Å². The summed E-state index contributed by atoms with van der Waals surface area (Å²) in [5.41, 5.74) is 2.63. The molecular weight excluding hydrogens is 558 g/mol. The van der Waals surface area contributed by atoms with E-state index < -0.39 is 10.0 Å². The number of carbonyl (C=O) groups excluding carboxylic acids is 1. The minimum absolute atomic E-state index is 0.00183. The highest BCUT2D eigenvalue weighted by molar-refractivity contribution is 7.96. The fourth-order valence-electron chi connectivity index (χ4n) is 4.48. The van der Waals surface area contributed by atoms with Gasteiger partial charge in [0.1, 0.15) is 11.5 Å². The molecule has 0 saturated carbocycles. The number of aromatic nitrogens is 1. The summed E-state index contributed by atoms with van der Waals surface area (Å²) in [5.74, 6) is 1.11. The zero-order valence-corrected chi connectivity index (χ0v) is 23.7. The van der Waals surface area contributed by atoms with Gasteiger partial charge in [-0.2, -0.15) is 0 Å². The van der Waals surface area contributed by atoms with Gasteiger partial charge in [0.05, 0.1) is 32.2 Å². The van der Waals surface area contributed by atoms with Crippen molar-refractivity contribution >= 4 is 43.9 Å². The average Bonchev–Trinajstić information content (AvgIpc) is 3.46. The Morgan fingerprint density at radius 3 is 2.26 bits per heavy atom. The third-order valence-corrected chi connectivity index (χ3v) is 9.46. The molecule has 0 bridgehead atoms. The van der Waals surface area contributed by atoms with E-state index in [4.69, 9.17) is 21.1 Å². The van der Waals surface area contributed by atoms with Crippen molar-refractivity contribution in [3.63, 3.8) is 0 Å². The van der Waals surface area contributed by atoms with E-state index in [9.17, 15) is 13.2 Å². The summed E-state index contributed by atoms with van der Waals surface area (Å²) in [6.07, 6.45) is 4.64. The molecule has 2 aliphatic rings. The Balaban J connectivity index is 1.47.